The van der Waals surface area contributed by atoms with Crippen molar-refractivity contribution in [3.63, 3.8) is 0 Å². The molecule has 148 valence electrons. The Morgan fingerprint density at radius 1 is 1.24 bits per heavy atom. The lowest BCUT2D eigenvalue weighted by Crippen LogP contribution is -2.32. The van der Waals surface area contributed by atoms with Gasteiger partial charge in [0, 0.05) is 39.8 Å². The standard InChI is InChI=1S/C22H22N4O2S/c1-12-13(2)29-11-17(12)22(28)26-19(20-9-21(27)25-14(3)24-20)8-15-10-23-18-7-5-4-6-16(15)18/h4-7,9-11,19,23H,8H2,1-3H3,(H,26,28)(H,24,25,27)/t19-/m0/s1. The van der Waals surface area contributed by atoms with Crippen molar-refractivity contribution in [3.8, 4) is 0 Å². The number of aromatic amines is 2. The summed E-state index contributed by atoms with van der Waals surface area (Å²) in [4.78, 5) is 36.6. The lowest BCUT2D eigenvalue weighted by atomic mass is 10.0. The second-order valence-corrected chi connectivity index (χ2v) is 8.26. The summed E-state index contributed by atoms with van der Waals surface area (Å²) in [5.74, 6) is 0.365. The zero-order chi connectivity index (χ0) is 20.5. The fourth-order valence-electron chi connectivity index (χ4n) is 3.50. The van der Waals surface area contributed by atoms with E-state index in [1.165, 1.54) is 6.07 Å². The zero-order valence-electron chi connectivity index (χ0n) is 16.5. The van der Waals surface area contributed by atoms with Crippen LogP contribution in [-0.2, 0) is 6.42 Å². The second kappa shape index (κ2) is 7.67. The first kappa shape index (κ1) is 19.1. The molecule has 1 atom stereocenters. The van der Waals surface area contributed by atoms with Crippen LogP contribution in [0.3, 0.4) is 0 Å². The Bertz CT molecular complexity index is 1250. The average molecular weight is 407 g/mol. The molecule has 0 unspecified atom stereocenters. The molecule has 0 aliphatic rings. The maximum atomic E-state index is 13.0. The molecule has 0 saturated heterocycles. The van der Waals surface area contributed by atoms with Crippen LogP contribution in [0.25, 0.3) is 10.9 Å². The molecular formula is C22H22N4O2S. The van der Waals surface area contributed by atoms with Crippen molar-refractivity contribution < 1.29 is 4.79 Å². The third-order valence-corrected chi connectivity index (χ3v) is 6.18. The molecule has 1 aromatic carbocycles. The molecule has 0 saturated carbocycles. The Kier molecular flexibility index (Phi) is 5.07. The number of carbonyl (C=O) groups excluding carboxylic acids is 1. The van der Waals surface area contributed by atoms with Crippen LogP contribution in [0.4, 0.5) is 0 Å². The molecule has 7 heteroatoms. The number of aromatic nitrogens is 3. The van der Waals surface area contributed by atoms with Gasteiger partial charge in [-0.1, -0.05) is 18.2 Å². The topological polar surface area (TPSA) is 90.6 Å². The number of fused-ring (bicyclic) bond motifs is 1. The molecule has 0 spiro atoms. The number of para-hydroxylation sites is 1. The predicted octanol–water partition coefficient (Wildman–Crippen LogP) is 3.95. The minimum Gasteiger partial charge on any atom is -0.361 e. The van der Waals surface area contributed by atoms with Gasteiger partial charge in [0.25, 0.3) is 11.5 Å². The average Bonchev–Trinajstić information content (AvgIpc) is 3.24. The molecule has 3 heterocycles. The van der Waals surface area contributed by atoms with Crippen LogP contribution >= 0.6 is 11.3 Å². The highest BCUT2D eigenvalue weighted by atomic mass is 32.1. The second-order valence-electron chi connectivity index (χ2n) is 7.18. The number of carbonyl (C=O) groups is 1. The molecule has 0 radical (unpaired) electrons. The van der Waals surface area contributed by atoms with Gasteiger partial charge in [0.1, 0.15) is 5.82 Å². The molecule has 3 aromatic heterocycles. The quantitative estimate of drug-likeness (QED) is 0.469. The number of benzene rings is 1. The molecule has 0 aliphatic carbocycles. The number of amides is 1. The summed E-state index contributed by atoms with van der Waals surface area (Å²) in [5, 5.41) is 6.07. The number of thiophene rings is 1. The first-order chi connectivity index (χ1) is 13.9. The highest BCUT2D eigenvalue weighted by molar-refractivity contribution is 7.10. The molecule has 6 nitrogen and oxygen atoms in total. The molecule has 0 aliphatic heterocycles. The Balaban J connectivity index is 1.71. The fourth-order valence-corrected chi connectivity index (χ4v) is 4.37. The van der Waals surface area contributed by atoms with Gasteiger partial charge in [0.05, 0.1) is 17.3 Å². The van der Waals surface area contributed by atoms with Gasteiger partial charge in [-0.3, -0.25) is 9.59 Å². The van der Waals surface area contributed by atoms with E-state index in [1.807, 2.05) is 49.7 Å². The SMILES string of the molecule is Cc1nc([C@H](Cc2c[nH]c3ccccc23)NC(=O)c2csc(C)c2C)cc(=O)[nH]1. The highest BCUT2D eigenvalue weighted by Gasteiger charge is 2.22. The van der Waals surface area contributed by atoms with Crippen LogP contribution in [0.5, 0.6) is 0 Å². The van der Waals surface area contributed by atoms with E-state index in [0.717, 1.165) is 26.9 Å². The summed E-state index contributed by atoms with van der Waals surface area (Å²) < 4.78 is 0. The number of rotatable bonds is 5. The maximum Gasteiger partial charge on any atom is 0.252 e. The van der Waals surface area contributed by atoms with Gasteiger partial charge in [0.2, 0.25) is 0 Å². The Morgan fingerprint density at radius 2 is 2.03 bits per heavy atom. The van der Waals surface area contributed by atoms with Crippen molar-refractivity contribution in [1.82, 2.24) is 20.3 Å². The van der Waals surface area contributed by atoms with E-state index in [4.69, 9.17) is 0 Å². The van der Waals surface area contributed by atoms with Crippen molar-refractivity contribution in [3.05, 3.63) is 85.3 Å². The first-order valence-electron chi connectivity index (χ1n) is 9.41. The Labute approximate surface area is 172 Å². The summed E-state index contributed by atoms with van der Waals surface area (Å²) in [6.07, 6.45) is 2.47. The molecule has 0 bridgehead atoms. The zero-order valence-corrected chi connectivity index (χ0v) is 17.3. The van der Waals surface area contributed by atoms with E-state index in [0.29, 0.717) is 23.5 Å². The van der Waals surface area contributed by atoms with Gasteiger partial charge in [0.15, 0.2) is 0 Å². The van der Waals surface area contributed by atoms with Gasteiger partial charge >= 0.3 is 0 Å². The molecule has 29 heavy (non-hydrogen) atoms. The van der Waals surface area contributed by atoms with Gasteiger partial charge in [-0.25, -0.2) is 4.98 Å². The summed E-state index contributed by atoms with van der Waals surface area (Å²) in [7, 11) is 0. The number of hydrogen-bond donors (Lipinski definition) is 3. The molecule has 4 aromatic rings. The van der Waals surface area contributed by atoms with Crippen molar-refractivity contribution >= 4 is 28.1 Å². The third kappa shape index (κ3) is 3.86. The van der Waals surface area contributed by atoms with Crippen LogP contribution in [0.2, 0.25) is 0 Å². The minimum atomic E-state index is -0.428. The largest absolute Gasteiger partial charge is 0.361 e. The summed E-state index contributed by atoms with van der Waals surface area (Å²) in [6, 6.07) is 9.05. The van der Waals surface area contributed by atoms with Crippen LogP contribution in [-0.4, -0.2) is 20.9 Å². The normalized spacial score (nSPS) is 12.2. The monoisotopic (exact) mass is 406 g/mol. The maximum absolute atomic E-state index is 13.0. The van der Waals surface area contributed by atoms with E-state index in [9.17, 15) is 9.59 Å². The molecular weight excluding hydrogens is 384 g/mol. The summed E-state index contributed by atoms with van der Waals surface area (Å²) >= 11 is 1.56. The van der Waals surface area contributed by atoms with Gasteiger partial charge in [-0.2, -0.15) is 0 Å². The summed E-state index contributed by atoms with van der Waals surface area (Å²) in [5.41, 5.74) is 4.06. The van der Waals surface area contributed by atoms with Crippen molar-refractivity contribution in [2.24, 2.45) is 0 Å². The molecule has 0 fully saturated rings. The number of H-pyrrole nitrogens is 2. The third-order valence-electron chi connectivity index (χ3n) is 5.17. The molecule has 4 rings (SSSR count). The van der Waals surface area contributed by atoms with Crippen molar-refractivity contribution in [1.29, 1.82) is 0 Å². The van der Waals surface area contributed by atoms with Gasteiger partial charge < -0.3 is 15.3 Å². The predicted molar refractivity (Wildman–Crippen MR) is 116 cm³/mol. The first-order valence-corrected chi connectivity index (χ1v) is 10.3. The van der Waals surface area contributed by atoms with E-state index in [1.54, 1.807) is 18.3 Å². The molecule has 1 amide bonds. The Hall–Kier alpha value is -3.19. The van der Waals surface area contributed by atoms with Gasteiger partial charge in [-0.15, -0.1) is 11.3 Å². The van der Waals surface area contributed by atoms with Crippen LogP contribution in [0.1, 0.15) is 43.9 Å². The van der Waals surface area contributed by atoms with Crippen molar-refractivity contribution in [2.45, 2.75) is 33.2 Å². The van der Waals surface area contributed by atoms with E-state index < -0.39 is 6.04 Å². The summed E-state index contributed by atoms with van der Waals surface area (Å²) in [6.45, 7) is 5.69. The number of aryl methyl sites for hydroxylation is 2. The van der Waals surface area contributed by atoms with Crippen molar-refractivity contribution in [2.75, 3.05) is 0 Å². The lowest BCUT2D eigenvalue weighted by Gasteiger charge is -2.18. The van der Waals surface area contributed by atoms with Crippen LogP contribution in [0.15, 0.2) is 46.7 Å². The highest BCUT2D eigenvalue weighted by Crippen LogP contribution is 2.25. The fraction of sp³-hybridized carbons (Fsp3) is 0.227. The smallest absolute Gasteiger partial charge is 0.252 e. The minimum absolute atomic E-state index is 0.156. The number of hydrogen-bond acceptors (Lipinski definition) is 4. The Morgan fingerprint density at radius 3 is 2.76 bits per heavy atom. The van der Waals surface area contributed by atoms with E-state index in [2.05, 4.69) is 20.3 Å². The lowest BCUT2D eigenvalue weighted by molar-refractivity contribution is 0.0935. The molecule has 3 N–H and O–H groups in total. The number of nitrogens with zero attached hydrogens (tertiary/aromatic N) is 1. The van der Waals surface area contributed by atoms with Crippen LogP contribution in [0, 0.1) is 20.8 Å². The van der Waals surface area contributed by atoms with E-state index >= 15 is 0 Å². The van der Waals surface area contributed by atoms with Crippen LogP contribution < -0.4 is 10.9 Å². The number of nitrogens with one attached hydrogen (secondary N) is 3. The van der Waals surface area contributed by atoms with E-state index in [-0.39, 0.29) is 11.5 Å². The van der Waals surface area contributed by atoms with Gasteiger partial charge in [-0.05, 0) is 38.0 Å².